The fourth-order valence-corrected chi connectivity index (χ4v) is 5.20. The number of aryl methyl sites for hydroxylation is 1. The second-order valence-electron chi connectivity index (χ2n) is 9.62. The predicted molar refractivity (Wildman–Crippen MR) is 130 cm³/mol. The summed E-state index contributed by atoms with van der Waals surface area (Å²) in [4.78, 5) is 17.7. The summed E-state index contributed by atoms with van der Waals surface area (Å²) < 4.78 is 41.5. The fraction of sp³-hybridized carbons (Fsp3) is 0.440. The first-order valence-electron chi connectivity index (χ1n) is 11.8. The Labute approximate surface area is 200 Å². The largest absolute Gasteiger partial charge is 0.522 e. The predicted octanol–water partition coefficient (Wildman–Crippen LogP) is 5.52. The van der Waals surface area contributed by atoms with Crippen molar-refractivity contribution in [2.45, 2.75) is 51.6 Å². The van der Waals surface area contributed by atoms with Gasteiger partial charge >= 0.3 is 6.36 Å². The molecule has 3 aromatic heterocycles. The lowest BCUT2D eigenvalue weighted by molar-refractivity contribution is -0.345. The Hall–Kier alpha value is -3.11. The van der Waals surface area contributed by atoms with Crippen molar-refractivity contribution in [1.29, 1.82) is 0 Å². The molecule has 0 spiro atoms. The van der Waals surface area contributed by atoms with Crippen molar-refractivity contribution < 1.29 is 17.9 Å². The molecule has 7 nitrogen and oxygen atoms in total. The molecule has 3 heterocycles. The van der Waals surface area contributed by atoms with Gasteiger partial charge in [0.2, 0.25) is 0 Å². The number of halogens is 3. The van der Waals surface area contributed by atoms with Crippen LogP contribution in [0.3, 0.4) is 0 Å². The molecule has 5 rings (SSSR count). The molecule has 0 amide bonds. The molecule has 0 unspecified atom stereocenters. The van der Waals surface area contributed by atoms with Crippen LogP contribution in [0.2, 0.25) is 0 Å². The molecule has 1 saturated carbocycles. The van der Waals surface area contributed by atoms with Crippen LogP contribution in [-0.4, -0.2) is 50.9 Å². The Morgan fingerprint density at radius 2 is 1.86 bits per heavy atom. The van der Waals surface area contributed by atoms with Gasteiger partial charge in [0.1, 0.15) is 11.6 Å². The zero-order valence-electron chi connectivity index (χ0n) is 19.7. The van der Waals surface area contributed by atoms with Gasteiger partial charge in [-0.2, -0.15) is 0 Å². The number of imidazole rings is 1. The third-order valence-corrected chi connectivity index (χ3v) is 6.69. The topological polar surface area (TPSA) is 95.8 Å². The Balaban J connectivity index is 1.26. The van der Waals surface area contributed by atoms with Gasteiger partial charge < -0.3 is 20.6 Å². The summed E-state index contributed by atoms with van der Waals surface area (Å²) in [5, 5.41) is 1.09. The number of fused-ring (bicyclic) bond motifs is 2. The third-order valence-electron chi connectivity index (χ3n) is 6.69. The van der Waals surface area contributed by atoms with Crippen LogP contribution in [0.5, 0.6) is 0 Å². The smallest absolute Gasteiger partial charge is 0.384 e. The number of pyridine rings is 1. The van der Waals surface area contributed by atoms with Crippen LogP contribution in [0.4, 0.5) is 19.0 Å². The number of H-pyrrole nitrogens is 2. The van der Waals surface area contributed by atoms with Gasteiger partial charge in [-0.05, 0) is 75.4 Å². The standard InChI is InChI=1S/C25H29F3N6O/c1-14-30-23-19(11-22(29)33-24(23)31-14)21-10-17-9-16(5-8-20(17)32-21)13-34(2)12-15-3-6-18(7-4-15)35-25(26,27)28/h5,8-11,15,18,32H,3-4,6-7,12-13H2,1-2H3,(H3,29,30,31,33). The van der Waals surface area contributed by atoms with Gasteiger partial charge in [-0.15, -0.1) is 13.2 Å². The van der Waals surface area contributed by atoms with Crippen molar-refractivity contribution in [2.75, 3.05) is 19.3 Å². The number of rotatable bonds is 6. The van der Waals surface area contributed by atoms with E-state index in [0.29, 0.717) is 30.2 Å². The highest BCUT2D eigenvalue weighted by atomic mass is 19.4. The SMILES string of the molecule is Cc1nc2nc(N)cc(-c3cc4cc(CN(C)CC5CCC(OC(F)(F)F)CC5)ccc4[nH]3)c2[nH]1. The maximum atomic E-state index is 12.4. The molecule has 186 valence electrons. The number of nitrogens with two attached hydrogens (primary N) is 1. The summed E-state index contributed by atoms with van der Waals surface area (Å²) >= 11 is 0. The summed E-state index contributed by atoms with van der Waals surface area (Å²) in [6, 6.07) is 10.3. The molecule has 0 radical (unpaired) electrons. The number of hydrogen-bond acceptors (Lipinski definition) is 5. The van der Waals surface area contributed by atoms with E-state index < -0.39 is 12.5 Å². The number of nitrogens with one attached hydrogen (secondary N) is 2. The lowest BCUT2D eigenvalue weighted by Crippen LogP contribution is -2.32. The molecular formula is C25H29F3N6O. The molecule has 10 heteroatoms. The van der Waals surface area contributed by atoms with Gasteiger partial charge in [0.15, 0.2) is 5.65 Å². The molecule has 1 aliphatic rings. The summed E-state index contributed by atoms with van der Waals surface area (Å²) in [5.41, 5.74) is 11.5. The van der Waals surface area contributed by atoms with Crippen LogP contribution in [0, 0.1) is 12.8 Å². The van der Waals surface area contributed by atoms with Crippen LogP contribution < -0.4 is 5.73 Å². The Morgan fingerprint density at radius 3 is 2.60 bits per heavy atom. The number of ether oxygens (including phenoxy) is 1. The monoisotopic (exact) mass is 486 g/mol. The lowest BCUT2D eigenvalue weighted by atomic mass is 9.87. The van der Waals surface area contributed by atoms with E-state index in [1.165, 1.54) is 5.56 Å². The Bertz CT molecular complexity index is 1340. The van der Waals surface area contributed by atoms with Gasteiger partial charge in [0.05, 0.1) is 11.6 Å². The maximum absolute atomic E-state index is 12.4. The number of nitrogens with zero attached hydrogens (tertiary/aromatic N) is 3. The zero-order chi connectivity index (χ0) is 24.7. The maximum Gasteiger partial charge on any atom is 0.522 e. The summed E-state index contributed by atoms with van der Waals surface area (Å²) in [7, 11) is 2.06. The van der Waals surface area contributed by atoms with Gasteiger partial charge in [-0.3, -0.25) is 4.74 Å². The van der Waals surface area contributed by atoms with Crippen LogP contribution in [0.1, 0.15) is 37.1 Å². The van der Waals surface area contributed by atoms with E-state index in [0.717, 1.165) is 59.4 Å². The number of nitrogen functional groups attached to an aromatic ring is 1. The van der Waals surface area contributed by atoms with E-state index in [1.54, 1.807) is 0 Å². The van der Waals surface area contributed by atoms with Crippen molar-refractivity contribution in [1.82, 2.24) is 24.8 Å². The van der Waals surface area contributed by atoms with Crippen LogP contribution >= 0.6 is 0 Å². The van der Waals surface area contributed by atoms with Crippen molar-refractivity contribution in [3.63, 3.8) is 0 Å². The minimum atomic E-state index is -4.54. The average molecular weight is 487 g/mol. The highest BCUT2D eigenvalue weighted by Crippen LogP contribution is 2.32. The number of hydrogen-bond donors (Lipinski definition) is 3. The van der Waals surface area contributed by atoms with E-state index in [4.69, 9.17) is 5.73 Å². The first-order chi connectivity index (χ1) is 16.6. The lowest BCUT2D eigenvalue weighted by Gasteiger charge is -2.31. The van der Waals surface area contributed by atoms with Gasteiger partial charge in [0, 0.05) is 35.2 Å². The molecule has 0 aliphatic heterocycles. The molecule has 4 N–H and O–H groups in total. The van der Waals surface area contributed by atoms with Gasteiger partial charge in [-0.1, -0.05) is 6.07 Å². The minimum Gasteiger partial charge on any atom is -0.384 e. The zero-order valence-corrected chi connectivity index (χ0v) is 19.7. The van der Waals surface area contributed by atoms with Gasteiger partial charge in [0.25, 0.3) is 0 Å². The second kappa shape index (κ2) is 9.16. The quantitative estimate of drug-likeness (QED) is 0.333. The highest BCUT2D eigenvalue weighted by Gasteiger charge is 2.35. The number of aromatic nitrogens is 4. The van der Waals surface area contributed by atoms with E-state index in [9.17, 15) is 13.2 Å². The van der Waals surface area contributed by atoms with Gasteiger partial charge in [-0.25, -0.2) is 9.97 Å². The molecule has 0 bridgehead atoms. The fourth-order valence-electron chi connectivity index (χ4n) is 5.20. The first-order valence-corrected chi connectivity index (χ1v) is 11.8. The number of benzene rings is 1. The molecule has 1 aromatic carbocycles. The van der Waals surface area contributed by atoms with E-state index in [2.05, 4.69) is 60.9 Å². The summed E-state index contributed by atoms with van der Waals surface area (Å²) in [5.74, 6) is 1.58. The van der Waals surface area contributed by atoms with E-state index in [-0.39, 0.29) is 0 Å². The average Bonchev–Trinajstić information content (AvgIpc) is 3.35. The Kier molecular flexibility index (Phi) is 6.18. The second-order valence-corrected chi connectivity index (χ2v) is 9.62. The normalized spacial score (nSPS) is 19.3. The van der Waals surface area contributed by atoms with Crippen molar-refractivity contribution in [3.8, 4) is 11.3 Å². The molecular weight excluding hydrogens is 457 g/mol. The Morgan fingerprint density at radius 1 is 1.09 bits per heavy atom. The van der Waals surface area contributed by atoms with Crippen LogP contribution in [0.15, 0.2) is 30.3 Å². The summed E-state index contributed by atoms with van der Waals surface area (Å²) in [6.45, 7) is 3.50. The van der Waals surface area contributed by atoms with Crippen LogP contribution in [-0.2, 0) is 11.3 Å². The molecule has 0 atom stereocenters. The molecule has 1 aliphatic carbocycles. The molecule has 1 fully saturated rings. The number of anilines is 1. The number of alkyl halides is 3. The molecule has 35 heavy (non-hydrogen) atoms. The van der Waals surface area contributed by atoms with E-state index in [1.807, 2.05) is 13.0 Å². The van der Waals surface area contributed by atoms with Crippen LogP contribution in [0.25, 0.3) is 33.3 Å². The van der Waals surface area contributed by atoms with Crippen molar-refractivity contribution in [2.24, 2.45) is 5.92 Å². The first kappa shape index (κ1) is 23.6. The molecule has 0 saturated heterocycles. The van der Waals surface area contributed by atoms with Crippen molar-refractivity contribution in [3.05, 3.63) is 41.7 Å². The highest BCUT2D eigenvalue weighted by molar-refractivity contribution is 5.95. The van der Waals surface area contributed by atoms with E-state index >= 15 is 0 Å². The molecule has 4 aromatic rings. The minimum absolute atomic E-state index is 0.382. The third kappa shape index (κ3) is 5.43. The van der Waals surface area contributed by atoms with Crippen molar-refractivity contribution >= 4 is 27.9 Å². The summed E-state index contributed by atoms with van der Waals surface area (Å²) in [6.07, 6.45) is -2.83. The number of aromatic amines is 2.